The average molecular weight is 401 g/mol. The molecule has 0 bridgehead atoms. The molecule has 0 saturated carbocycles. The van der Waals surface area contributed by atoms with Crippen molar-refractivity contribution >= 4 is 23.7 Å². The third-order valence-electron chi connectivity index (χ3n) is 4.27. The average Bonchev–Trinajstić information content (AvgIpc) is 3.19. The van der Waals surface area contributed by atoms with Gasteiger partial charge in [0, 0.05) is 27.9 Å². The van der Waals surface area contributed by atoms with Crippen molar-refractivity contribution in [3.63, 3.8) is 0 Å². The quantitative estimate of drug-likeness (QED) is 0.380. The molecular formula is C23H17ClN4O. The number of hydrogen-bond acceptors (Lipinski definition) is 3. The first-order valence-corrected chi connectivity index (χ1v) is 9.38. The highest BCUT2D eigenvalue weighted by molar-refractivity contribution is 6.30. The first-order valence-electron chi connectivity index (χ1n) is 9.00. The van der Waals surface area contributed by atoms with Gasteiger partial charge in [-0.05, 0) is 30.3 Å². The van der Waals surface area contributed by atoms with Gasteiger partial charge in [-0.2, -0.15) is 10.2 Å². The lowest BCUT2D eigenvalue weighted by atomic mass is 10.1. The van der Waals surface area contributed by atoms with Crippen molar-refractivity contribution in [2.45, 2.75) is 0 Å². The van der Waals surface area contributed by atoms with Crippen molar-refractivity contribution in [1.82, 2.24) is 15.2 Å². The summed E-state index contributed by atoms with van der Waals surface area (Å²) in [4.78, 5) is 12.3. The number of carbonyl (C=O) groups excluding carboxylic acids is 1. The molecule has 3 aromatic carbocycles. The molecular weight excluding hydrogens is 384 g/mol. The molecule has 142 valence electrons. The fourth-order valence-electron chi connectivity index (χ4n) is 2.87. The molecule has 5 nitrogen and oxygen atoms in total. The van der Waals surface area contributed by atoms with Crippen molar-refractivity contribution in [2.24, 2.45) is 5.10 Å². The van der Waals surface area contributed by atoms with Crippen LogP contribution in [0.3, 0.4) is 0 Å². The van der Waals surface area contributed by atoms with Crippen LogP contribution in [0, 0.1) is 0 Å². The molecule has 0 aliphatic heterocycles. The Morgan fingerprint density at radius 1 is 0.966 bits per heavy atom. The van der Waals surface area contributed by atoms with Crippen LogP contribution < -0.4 is 5.43 Å². The third-order valence-corrected chi connectivity index (χ3v) is 4.50. The summed E-state index contributed by atoms with van der Waals surface area (Å²) in [7, 11) is 0. The fraction of sp³-hybridized carbons (Fsp3) is 0. The van der Waals surface area contributed by atoms with E-state index in [0.29, 0.717) is 10.6 Å². The van der Waals surface area contributed by atoms with Crippen LogP contribution in [0.25, 0.3) is 16.9 Å². The van der Waals surface area contributed by atoms with E-state index in [2.05, 4.69) is 10.5 Å². The number of halogens is 1. The van der Waals surface area contributed by atoms with Gasteiger partial charge in [-0.25, -0.2) is 10.1 Å². The highest BCUT2D eigenvalue weighted by atomic mass is 35.5. The normalized spacial score (nSPS) is 10.9. The molecule has 0 saturated heterocycles. The lowest BCUT2D eigenvalue weighted by molar-refractivity contribution is 0.0955. The number of amides is 1. The summed E-state index contributed by atoms with van der Waals surface area (Å²) in [5.74, 6) is -0.333. The summed E-state index contributed by atoms with van der Waals surface area (Å²) in [5, 5.41) is 9.33. The predicted octanol–water partition coefficient (Wildman–Crippen LogP) is 4.96. The maximum Gasteiger partial charge on any atom is 0.271 e. The van der Waals surface area contributed by atoms with E-state index in [1.807, 2.05) is 66.9 Å². The van der Waals surface area contributed by atoms with Gasteiger partial charge < -0.3 is 0 Å². The van der Waals surface area contributed by atoms with E-state index >= 15 is 0 Å². The topological polar surface area (TPSA) is 59.3 Å². The van der Waals surface area contributed by atoms with Crippen LogP contribution in [0.2, 0.25) is 5.02 Å². The minimum absolute atomic E-state index is 0.333. The predicted molar refractivity (Wildman–Crippen MR) is 116 cm³/mol. The SMILES string of the molecule is O=C(NN=Cc1cn(-c2ccccc2)nc1-c1ccccc1)c1cccc(Cl)c1. The number of hydrogen-bond donors (Lipinski definition) is 1. The number of rotatable bonds is 5. The summed E-state index contributed by atoms with van der Waals surface area (Å²) < 4.78 is 1.79. The van der Waals surface area contributed by atoms with Crippen molar-refractivity contribution < 1.29 is 4.79 Å². The Morgan fingerprint density at radius 3 is 2.41 bits per heavy atom. The van der Waals surface area contributed by atoms with Crippen molar-refractivity contribution in [3.8, 4) is 16.9 Å². The van der Waals surface area contributed by atoms with Gasteiger partial charge >= 0.3 is 0 Å². The largest absolute Gasteiger partial charge is 0.271 e. The Kier molecular flexibility index (Phi) is 5.49. The second kappa shape index (κ2) is 8.54. The molecule has 0 aliphatic carbocycles. The van der Waals surface area contributed by atoms with Gasteiger partial charge in [0.25, 0.3) is 5.91 Å². The van der Waals surface area contributed by atoms with Crippen molar-refractivity contribution in [3.05, 3.63) is 107 Å². The van der Waals surface area contributed by atoms with Gasteiger partial charge in [-0.15, -0.1) is 0 Å². The monoisotopic (exact) mass is 400 g/mol. The van der Waals surface area contributed by atoms with Crippen LogP contribution in [-0.2, 0) is 0 Å². The molecule has 1 amide bonds. The van der Waals surface area contributed by atoms with E-state index in [1.54, 1.807) is 35.2 Å². The van der Waals surface area contributed by atoms with Gasteiger partial charge in [0.1, 0.15) is 5.69 Å². The molecule has 4 aromatic rings. The molecule has 1 N–H and O–H groups in total. The molecule has 0 fully saturated rings. The number of nitrogens with zero attached hydrogens (tertiary/aromatic N) is 3. The van der Waals surface area contributed by atoms with Gasteiger partial charge in [0.05, 0.1) is 11.9 Å². The van der Waals surface area contributed by atoms with Gasteiger partial charge in [-0.3, -0.25) is 4.79 Å². The minimum Gasteiger partial charge on any atom is -0.267 e. The molecule has 0 radical (unpaired) electrons. The minimum atomic E-state index is -0.333. The first-order chi connectivity index (χ1) is 14.2. The Morgan fingerprint density at radius 2 is 1.69 bits per heavy atom. The molecule has 0 spiro atoms. The molecule has 0 atom stereocenters. The van der Waals surface area contributed by atoms with Crippen LogP contribution in [0.15, 0.2) is 96.2 Å². The number of aromatic nitrogens is 2. The van der Waals surface area contributed by atoms with E-state index in [0.717, 1.165) is 22.5 Å². The highest BCUT2D eigenvalue weighted by Gasteiger charge is 2.11. The maximum atomic E-state index is 12.3. The Hall–Kier alpha value is -3.70. The summed E-state index contributed by atoms with van der Waals surface area (Å²) in [6, 6.07) is 26.4. The summed E-state index contributed by atoms with van der Waals surface area (Å²) in [5.41, 5.74) is 6.44. The van der Waals surface area contributed by atoms with Crippen LogP contribution >= 0.6 is 11.6 Å². The molecule has 29 heavy (non-hydrogen) atoms. The smallest absolute Gasteiger partial charge is 0.267 e. The standard InChI is InChI=1S/C23H17ClN4O/c24-20-11-7-10-18(14-20)23(29)26-25-15-19-16-28(21-12-5-2-6-13-21)27-22(19)17-8-3-1-4-9-17/h1-16H,(H,26,29). The van der Waals surface area contributed by atoms with E-state index in [1.165, 1.54) is 0 Å². The number of nitrogens with one attached hydrogen (secondary N) is 1. The molecule has 0 aliphatic rings. The zero-order valence-electron chi connectivity index (χ0n) is 15.4. The van der Waals surface area contributed by atoms with E-state index in [4.69, 9.17) is 16.7 Å². The number of benzene rings is 3. The second-order valence-corrected chi connectivity index (χ2v) is 6.73. The van der Waals surface area contributed by atoms with Crippen LogP contribution in [-0.4, -0.2) is 21.9 Å². The number of hydrazone groups is 1. The van der Waals surface area contributed by atoms with Gasteiger partial charge in [0.15, 0.2) is 0 Å². The summed E-state index contributed by atoms with van der Waals surface area (Å²) in [6.45, 7) is 0. The molecule has 0 unspecified atom stereocenters. The number of carbonyl (C=O) groups is 1. The Bertz CT molecular complexity index is 1150. The van der Waals surface area contributed by atoms with Crippen LogP contribution in [0.1, 0.15) is 15.9 Å². The van der Waals surface area contributed by atoms with Crippen LogP contribution in [0.5, 0.6) is 0 Å². The van der Waals surface area contributed by atoms with Crippen LogP contribution in [0.4, 0.5) is 0 Å². The lowest BCUT2D eigenvalue weighted by Gasteiger charge is -2.00. The summed E-state index contributed by atoms with van der Waals surface area (Å²) in [6.07, 6.45) is 3.48. The molecule has 6 heteroatoms. The molecule has 1 aromatic heterocycles. The van der Waals surface area contributed by atoms with Crippen molar-refractivity contribution in [1.29, 1.82) is 0 Å². The lowest BCUT2D eigenvalue weighted by Crippen LogP contribution is -2.17. The van der Waals surface area contributed by atoms with Crippen molar-refractivity contribution in [2.75, 3.05) is 0 Å². The Labute approximate surface area is 173 Å². The maximum absolute atomic E-state index is 12.3. The third kappa shape index (κ3) is 4.42. The second-order valence-electron chi connectivity index (χ2n) is 6.29. The van der Waals surface area contributed by atoms with Gasteiger partial charge in [-0.1, -0.05) is 66.2 Å². The zero-order valence-corrected chi connectivity index (χ0v) is 16.1. The van der Waals surface area contributed by atoms with E-state index in [-0.39, 0.29) is 5.91 Å². The molecule has 4 rings (SSSR count). The van der Waals surface area contributed by atoms with E-state index in [9.17, 15) is 4.79 Å². The van der Waals surface area contributed by atoms with Gasteiger partial charge in [0.2, 0.25) is 0 Å². The summed E-state index contributed by atoms with van der Waals surface area (Å²) >= 11 is 5.94. The number of para-hydroxylation sites is 1. The first kappa shape index (κ1) is 18.7. The fourth-order valence-corrected chi connectivity index (χ4v) is 3.06. The zero-order chi connectivity index (χ0) is 20.1. The van der Waals surface area contributed by atoms with E-state index < -0.39 is 0 Å². The highest BCUT2D eigenvalue weighted by Crippen LogP contribution is 2.22. The Balaban J connectivity index is 1.62. The molecule has 1 heterocycles.